The summed E-state index contributed by atoms with van der Waals surface area (Å²) in [5.74, 6) is 0.0488. The van der Waals surface area contributed by atoms with Crippen molar-refractivity contribution >= 4 is 27.5 Å². The van der Waals surface area contributed by atoms with E-state index in [9.17, 15) is 4.79 Å². The van der Waals surface area contributed by atoms with Crippen LogP contribution in [0.3, 0.4) is 0 Å². The van der Waals surface area contributed by atoms with Gasteiger partial charge in [0.25, 0.3) is 5.91 Å². The van der Waals surface area contributed by atoms with Gasteiger partial charge in [0.05, 0.1) is 18.4 Å². The fraction of sp³-hybridized carbons (Fsp3) is 0.133. The molecule has 1 amide bonds. The molecule has 4 nitrogen and oxygen atoms in total. The summed E-state index contributed by atoms with van der Waals surface area (Å²) in [5.41, 5.74) is 14.7. The standard InChI is InChI=1S/C15H15BrN2O2/c1-8-9(4-3-5-11(8)16)13-12(20-2)7-6-10(14(13)17)15(18)19/h3-7H,17H2,1-2H3,(H2,18,19). The van der Waals surface area contributed by atoms with Gasteiger partial charge in [-0.1, -0.05) is 28.1 Å². The normalized spacial score (nSPS) is 10.3. The SMILES string of the molecule is COc1ccc(C(N)=O)c(N)c1-c1cccc(Br)c1C. The number of methoxy groups -OCH3 is 1. The average Bonchev–Trinajstić information content (AvgIpc) is 2.41. The highest BCUT2D eigenvalue weighted by atomic mass is 79.9. The van der Waals surface area contributed by atoms with Crippen LogP contribution < -0.4 is 16.2 Å². The second-order valence-electron chi connectivity index (χ2n) is 4.38. The average molecular weight is 335 g/mol. The Morgan fingerprint density at radius 2 is 1.95 bits per heavy atom. The quantitative estimate of drug-likeness (QED) is 0.846. The molecule has 0 bridgehead atoms. The number of halogens is 1. The Balaban J connectivity index is 2.81. The van der Waals surface area contributed by atoms with Crippen molar-refractivity contribution < 1.29 is 9.53 Å². The molecule has 2 aromatic rings. The van der Waals surface area contributed by atoms with E-state index in [-0.39, 0.29) is 0 Å². The van der Waals surface area contributed by atoms with E-state index in [1.165, 1.54) is 0 Å². The zero-order chi connectivity index (χ0) is 14.9. The minimum atomic E-state index is -0.556. The second kappa shape index (κ2) is 5.54. The van der Waals surface area contributed by atoms with Crippen molar-refractivity contribution in [3.63, 3.8) is 0 Å². The summed E-state index contributed by atoms with van der Waals surface area (Å²) in [7, 11) is 1.57. The van der Waals surface area contributed by atoms with Gasteiger partial charge < -0.3 is 16.2 Å². The number of hydrogen-bond donors (Lipinski definition) is 2. The molecule has 0 aliphatic rings. The van der Waals surface area contributed by atoms with Gasteiger partial charge >= 0.3 is 0 Å². The van der Waals surface area contributed by atoms with Gasteiger partial charge in [0.2, 0.25) is 0 Å². The molecule has 0 atom stereocenters. The molecule has 0 aromatic heterocycles. The van der Waals surface area contributed by atoms with Crippen LogP contribution in [0.4, 0.5) is 5.69 Å². The van der Waals surface area contributed by atoms with E-state index in [0.29, 0.717) is 22.6 Å². The summed E-state index contributed by atoms with van der Waals surface area (Å²) < 4.78 is 6.32. The molecule has 0 heterocycles. The van der Waals surface area contributed by atoms with Crippen LogP contribution in [0, 0.1) is 6.92 Å². The third kappa shape index (κ3) is 2.36. The van der Waals surface area contributed by atoms with E-state index in [1.54, 1.807) is 19.2 Å². The van der Waals surface area contributed by atoms with Crippen molar-refractivity contribution in [1.29, 1.82) is 0 Å². The maximum Gasteiger partial charge on any atom is 0.250 e. The number of hydrogen-bond acceptors (Lipinski definition) is 3. The highest BCUT2D eigenvalue weighted by Crippen LogP contribution is 2.40. The Labute approximate surface area is 125 Å². The molecule has 0 spiro atoms. The van der Waals surface area contributed by atoms with E-state index >= 15 is 0 Å². The van der Waals surface area contributed by atoms with Crippen LogP contribution in [0.2, 0.25) is 0 Å². The number of benzene rings is 2. The van der Waals surface area contributed by atoms with Crippen molar-refractivity contribution in [2.75, 3.05) is 12.8 Å². The minimum absolute atomic E-state index is 0.292. The molecule has 0 saturated carbocycles. The van der Waals surface area contributed by atoms with Crippen molar-refractivity contribution in [1.82, 2.24) is 0 Å². The van der Waals surface area contributed by atoms with Crippen molar-refractivity contribution in [3.8, 4) is 16.9 Å². The molecule has 4 N–H and O–H groups in total. The molecule has 0 fully saturated rings. The molecule has 0 radical (unpaired) electrons. The Morgan fingerprint density at radius 1 is 1.25 bits per heavy atom. The van der Waals surface area contributed by atoms with Crippen molar-refractivity contribution in [2.24, 2.45) is 5.73 Å². The maximum atomic E-state index is 11.4. The molecule has 2 rings (SSSR count). The summed E-state index contributed by atoms with van der Waals surface area (Å²) in [4.78, 5) is 11.4. The molecule has 2 aromatic carbocycles. The lowest BCUT2D eigenvalue weighted by Crippen LogP contribution is -2.14. The second-order valence-corrected chi connectivity index (χ2v) is 5.24. The predicted octanol–water partition coefficient (Wildman–Crippen LogP) is 3.11. The number of ether oxygens (including phenoxy) is 1. The van der Waals surface area contributed by atoms with Crippen LogP contribution in [0.25, 0.3) is 11.1 Å². The minimum Gasteiger partial charge on any atom is -0.496 e. The number of anilines is 1. The Kier molecular flexibility index (Phi) is 3.99. The summed E-state index contributed by atoms with van der Waals surface area (Å²) in [6.45, 7) is 1.97. The summed E-state index contributed by atoms with van der Waals surface area (Å²) in [6.07, 6.45) is 0. The van der Waals surface area contributed by atoms with Crippen molar-refractivity contribution in [3.05, 3.63) is 45.9 Å². The van der Waals surface area contributed by atoms with Crippen LogP contribution in [-0.2, 0) is 0 Å². The highest BCUT2D eigenvalue weighted by Gasteiger charge is 2.18. The third-order valence-corrected chi connectivity index (χ3v) is 4.09. The molecule has 0 unspecified atom stereocenters. The highest BCUT2D eigenvalue weighted by molar-refractivity contribution is 9.10. The van der Waals surface area contributed by atoms with Crippen LogP contribution >= 0.6 is 15.9 Å². The predicted molar refractivity (Wildman–Crippen MR) is 83.8 cm³/mol. The molecule has 0 saturated heterocycles. The van der Waals surface area contributed by atoms with Gasteiger partial charge in [0.1, 0.15) is 5.75 Å². The van der Waals surface area contributed by atoms with Gasteiger partial charge in [-0.05, 0) is 36.2 Å². The summed E-state index contributed by atoms with van der Waals surface area (Å²) >= 11 is 3.49. The number of primary amides is 1. The number of rotatable bonds is 3. The lowest BCUT2D eigenvalue weighted by molar-refractivity contribution is 0.100. The molecule has 0 aliphatic heterocycles. The van der Waals surface area contributed by atoms with Crippen LogP contribution in [0.5, 0.6) is 5.75 Å². The van der Waals surface area contributed by atoms with Crippen LogP contribution in [-0.4, -0.2) is 13.0 Å². The largest absolute Gasteiger partial charge is 0.496 e. The van der Waals surface area contributed by atoms with E-state index in [4.69, 9.17) is 16.2 Å². The Hall–Kier alpha value is -2.01. The van der Waals surface area contributed by atoms with Gasteiger partial charge in [-0.25, -0.2) is 0 Å². The lowest BCUT2D eigenvalue weighted by atomic mass is 9.95. The van der Waals surface area contributed by atoms with E-state index in [1.807, 2.05) is 25.1 Å². The van der Waals surface area contributed by atoms with E-state index < -0.39 is 5.91 Å². The number of amides is 1. The molecule has 0 aliphatic carbocycles. The number of nitrogens with two attached hydrogens (primary N) is 2. The fourth-order valence-electron chi connectivity index (χ4n) is 2.14. The zero-order valence-corrected chi connectivity index (χ0v) is 12.8. The van der Waals surface area contributed by atoms with Gasteiger partial charge in [-0.2, -0.15) is 0 Å². The molecule has 104 valence electrons. The monoisotopic (exact) mass is 334 g/mol. The zero-order valence-electron chi connectivity index (χ0n) is 11.2. The third-order valence-electron chi connectivity index (χ3n) is 3.23. The van der Waals surface area contributed by atoms with Gasteiger partial charge in [0.15, 0.2) is 0 Å². The summed E-state index contributed by atoms with van der Waals surface area (Å²) in [5, 5.41) is 0. The molecular weight excluding hydrogens is 320 g/mol. The Bertz CT molecular complexity index is 684. The summed E-state index contributed by atoms with van der Waals surface area (Å²) in [6, 6.07) is 9.06. The molecule has 5 heteroatoms. The van der Waals surface area contributed by atoms with Crippen LogP contribution in [0.1, 0.15) is 15.9 Å². The molecular formula is C15H15BrN2O2. The maximum absolute atomic E-state index is 11.4. The van der Waals surface area contributed by atoms with E-state index in [0.717, 1.165) is 15.6 Å². The van der Waals surface area contributed by atoms with Crippen LogP contribution in [0.15, 0.2) is 34.8 Å². The van der Waals surface area contributed by atoms with Gasteiger partial charge in [-0.15, -0.1) is 0 Å². The van der Waals surface area contributed by atoms with E-state index in [2.05, 4.69) is 15.9 Å². The first kappa shape index (κ1) is 14.4. The molecule has 20 heavy (non-hydrogen) atoms. The topological polar surface area (TPSA) is 78.3 Å². The Morgan fingerprint density at radius 3 is 2.55 bits per heavy atom. The number of carbonyl (C=O) groups is 1. The van der Waals surface area contributed by atoms with Crippen molar-refractivity contribution in [2.45, 2.75) is 6.92 Å². The lowest BCUT2D eigenvalue weighted by Gasteiger charge is -2.16. The smallest absolute Gasteiger partial charge is 0.250 e. The number of carbonyl (C=O) groups excluding carboxylic acids is 1. The fourth-order valence-corrected chi connectivity index (χ4v) is 2.51. The first-order valence-electron chi connectivity index (χ1n) is 5.99. The first-order chi connectivity index (χ1) is 9.47. The number of nitrogen functional groups attached to an aromatic ring is 1. The van der Waals surface area contributed by atoms with Gasteiger partial charge in [-0.3, -0.25) is 4.79 Å². The van der Waals surface area contributed by atoms with Gasteiger partial charge in [0, 0.05) is 10.0 Å². The first-order valence-corrected chi connectivity index (χ1v) is 6.78.